The number of nitrogens with zero attached hydrogens (tertiary/aromatic N) is 2. The van der Waals surface area contributed by atoms with E-state index in [0.717, 1.165) is 12.2 Å². The summed E-state index contributed by atoms with van der Waals surface area (Å²) in [6.07, 6.45) is 4.53. The summed E-state index contributed by atoms with van der Waals surface area (Å²) in [5.74, 6) is 2.17. The average Bonchev–Trinajstić information content (AvgIpc) is 2.28. The molecule has 1 N–H and O–H groups in total. The monoisotopic (exact) mass is 261 g/mol. The zero-order valence-electron chi connectivity index (χ0n) is 9.66. The second-order valence-electron chi connectivity index (χ2n) is 3.25. The van der Waals surface area contributed by atoms with E-state index in [1.54, 1.807) is 18.9 Å². The van der Waals surface area contributed by atoms with Crippen molar-refractivity contribution in [2.24, 2.45) is 0 Å². The Bertz CT molecular complexity index is 338. The number of aromatic nitrogens is 2. The quantitative estimate of drug-likeness (QED) is 0.798. The van der Waals surface area contributed by atoms with Crippen molar-refractivity contribution in [3.05, 3.63) is 11.5 Å². The lowest BCUT2D eigenvalue weighted by Crippen LogP contribution is -2.22. The van der Waals surface area contributed by atoms with Gasteiger partial charge in [0.15, 0.2) is 16.7 Å². The smallest absolute Gasteiger partial charge is 0.198 e. The molecule has 0 aliphatic carbocycles. The summed E-state index contributed by atoms with van der Waals surface area (Å²) in [7, 11) is 1.56. The van der Waals surface area contributed by atoms with E-state index in [4.69, 9.17) is 16.3 Å². The van der Waals surface area contributed by atoms with Crippen LogP contribution in [-0.4, -0.2) is 35.1 Å². The lowest BCUT2D eigenvalue weighted by molar-refractivity contribution is 0.412. The molecule has 16 heavy (non-hydrogen) atoms. The van der Waals surface area contributed by atoms with Crippen molar-refractivity contribution in [1.82, 2.24) is 9.97 Å². The van der Waals surface area contributed by atoms with Gasteiger partial charge in [-0.1, -0.05) is 18.5 Å². The van der Waals surface area contributed by atoms with Gasteiger partial charge in [0.2, 0.25) is 0 Å². The van der Waals surface area contributed by atoms with Crippen LogP contribution in [0.3, 0.4) is 0 Å². The number of thioether (sulfide) groups is 1. The van der Waals surface area contributed by atoms with Gasteiger partial charge in [-0.25, -0.2) is 9.97 Å². The van der Waals surface area contributed by atoms with Crippen LogP contribution in [0, 0.1) is 0 Å². The predicted octanol–water partition coefficient (Wildman–Crippen LogP) is 2.69. The highest BCUT2D eigenvalue weighted by Gasteiger charge is 2.13. The lowest BCUT2D eigenvalue weighted by Gasteiger charge is -2.18. The minimum absolute atomic E-state index is 0.332. The van der Waals surface area contributed by atoms with Crippen LogP contribution in [0.2, 0.25) is 5.15 Å². The molecular weight excluding hydrogens is 246 g/mol. The Morgan fingerprint density at radius 2 is 2.31 bits per heavy atom. The Morgan fingerprint density at radius 1 is 1.56 bits per heavy atom. The van der Waals surface area contributed by atoms with Crippen molar-refractivity contribution in [2.75, 3.05) is 24.4 Å². The third-order valence-electron chi connectivity index (χ3n) is 2.17. The fourth-order valence-corrected chi connectivity index (χ4v) is 2.22. The molecule has 4 nitrogen and oxygen atoms in total. The minimum Gasteiger partial charge on any atom is -0.490 e. The Labute approximate surface area is 105 Å². The number of halogens is 1. The fourth-order valence-electron chi connectivity index (χ4n) is 1.29. The van der Waals surface area contributed by atoms with Crippen LogP contribution in [0.25, 0.3) is 0 Å². The van der Waals surface area contributed by atoms with Crippen LogP contribution in [0.1, 0.15) is 13.3 Å². The summed E-state index contributed by atoms with van der Waals surface area (Å²) in [6, 6.07) is 0.356. The summed E-state index contributed by atoms with van der Waals surface area (Å²) < 4.78 is 5.17. The summed E-state index contributed by atoms with van der Waals surface area (Å²) in [5.41, 5.74) is 0. The number of methoxy groups -OCH3 is 1. The molecule has 1 heterocycles. The first kappa shape index (κ1) is 13.4. The van der Waals surface area contributed by atoms with Gasteiger partial charge in [-0.3, -0.25) is 0 Å². The van der Waals surface area contributed by atoms with Gasteiger partial charge in [-0.05, 0) is 12.7 Å². The van der Waals surface area contributed by atoms with Crippen molar-refractivity contribution in [1.29, 1.82) is 0 Å². The third kappa shape index (κ3) is 3.42. The molecule has 0 aliphatic rings. The van der Waals surface area contributed by atoms with Crippen LogP contribution in [0.4, 0.5) is 5.82 Å². The Balaban J connectivity index is 2.82. The zero-order valence-corrected chi connectivity index (χ0v) is 11.2. The molecule has 0 saturated heterocycles. The van der Waals surface area contributed by atoms with Gasteiger partial charge in [0.1, 0.15) is 6.33 Å². The lowest BCUT2D eigenvalue weighted by atomic mass is 10.2. The molecule has 90 valence electrons. The Morgan fingerprint density at radius 3 is 2.88 bits per heavy atom. The molecule has 0 fully saturated rings. The average molecular weight is 262 g/mol. The van der Waals surface area contributed by atoms with Crippen LogP contribution < -0.4 is 10.1 Å². The van der Waals surface area contributed by atoms with Crippen molar-refractivity contribution >= 4 is 29.2 Å². The number of rotatable bonds is 6. The first-order valence-electron chi connectivity index (χ1n) is 5.02. The molecule has 1 aromatic heterocycles. The highest BCUT2D eigenvalue weighted by atomic mass is 35.5. The van der Waals surface area contributed by atoms with Crippen LogP contribution in [-0.2, 0) is 0 Å². The fraction of sp³-hybridized carbons (Fsp3) is 0.600. The van der Waals surface area contributed by atoms with Gasteiger partial charge in [-0.15, -0.1) is 0 Å². The maximum Gasteiger partial charge on any atom is 0.198 e. The van der Waals surface area contributed by atoms with Gasteiger partial charge in [0.25, 0.3) is 0 Å². The van der Waals surface area contributed by atoms with Crippen LogP contribution in [0.5, 0.6) is 5.75 Å². The van der Waals surface area contributed by atoms with Crippen molar-refractivity contribution < 1.29 is 4.74 Å². The summed E-state index contributed by atoms with van der Waals surface area (Å²) in [5, 5.41) is 3.64. The van der Waals surface area contributed by atoms with E-state index in [2.05, 4.69) is 28.5 Å². The van der Waals surface area contributed by atoms with E-state index in [9.17, 15) is 0 Å². The summed E-state index contributed by atoms with van der Waals surface area (Å²) in [4.78, 5) is 8.01. The molecule has 6 heteroatoms. The number of nitrogens with one attached hydrogen (secondary N) is 1. The van der Waals surface area contributed by atoms with E-state index in [1.807, 2.05) is 0 Å². The molecule has 0 saturated carbocycles. The van der Waals surface area contributed by atoms with Gasteiger partial charge in [0, 0.05) is 11.8 Å². The Kier molecular flexibility index (Phi) is 5.69. The molecule has 1 rings (SSSR count). The summed E-state index contributed by atoms with van der Waals surface area (Å²) in [6.45, 7) is 2.13. The van der Waals surface area contributed by atoms with Crippen LogP contribution >= 0.6 is 23.4 Å². The highest BCUT2D eigenvalue weighted by Crippen LogP contribution is 2.29. The molecule has 0 aromatic carbocycles. The molecular formula is C10H16ClN3OS. The molecule has 1 atom stereocenters. The molecule has 0 spiro atoms. The number of hydrogen-bond acceptors (Lipinski definition) is 5. The standard InChI is InChI=1S/C10H16ClN3OS/c1-4-7(5-16-3)14-10-8(15-2)9(11)12-6-13-10/h6-7H,4-5H2,1-3H3,(H,12,13,14). The van der Waals surface area contributed by atoms with Crippen molar-refractivity contribution in [3.8, 4) is 5.75 Å². The number of anilines is 1. The van der Waals surface area contributed by atoms with Crippen molar-refractivity contribution in [3.63, 3.8) is 0 Å². The minimum atomic E-state index is 0.332. The molecule has 1 aromatic rings. The van der Waals surface area contributed by atoms with Crippen molar-refractivity contribution in [2.45, 2.75) is 19.4 Å². The molecule has 1 unspecified atom stereocenters. The van der Waals surface area contributed by atoms with Gasteiger partial charge in [0.05, 0.1) is 7.11 Å². The van der Waals surface area contributed by atoms with Gasteiger partial charge < -0.3 is 10.1 Å². The van der Waals surface area contributed by atoms with E-state index < -0.39 is 0 Å². The third-order valence-corrected chi connectivity index (χ3v) is 3.17. The van der Waals surface area contributed by atoms with E-state index >= 15 is 0 Å². The maximum absolute atomic E-state index is 5.91. The second-order valence-corrected chi connectivity index (χ2v) is 4.52. The normalized spacial score (nSPS) is 12.2. The summed E-state index contributed by atoms with van der Waals surface area (Å²) >= 11 is 7.70. The number of hydrogen-bond donors (Lipinski definition) is 1. The highest BCUT2D eigenvalue weighted by molar-refractivity contribution is 7.98. The largest absolute Gasteiger partial charge is 0.490 e. The van der Waals surface area contributed by atoms with E-state index in [1.165, 1.54) is 6.33 Å². The number of ether oxygens (including phenoxy) is 1. The van der Waals surface area contributed by atoms with Gasteiger partial charge >= 0.3 is 0 Å². The topological polar surface area (TPSA) is 47.0 Å². The zero-order chi connectivity index (χ0) is 12.0. The first-order chi connectivity index (χ1) is 7.72. The first-order valence-corrected chi connectivity index (χ1v) is 6.80. The SMILES string of the molecule is CCC(CSC)Nc1ncnc(Cl)c1OC. The van der Waals surface area contributed by atoms with E-state index in [0.29, 0.717) is 22.8 Å². The molecule has 0 radical (unpaired) electrons. The Hall–Kier alpha value is -0.680. The molecule has 0 bridgehead atoms. The van der Waals surface area contributed by atoms with E-state index in [-0.39, 0.29) is 0 Å². The maximum atomic E-state index is 5.91. The van der Waals surface area contributed by atoms with Gasteiger partial charge in [-0.2, -0.15) is 11.8 Å². The molecule has 0 amide bonds. The predicted molar refractivity (Wildman–Crippen MR) is 69.7 cm³/mol. The molecule has 0 aliphatic heterocycles. The van der Waals surface area contributed by atoms with Crippen LogP contribution in [0.15, 0.2) is 6.33 Å². The second kappa shape index (κ2) is 6.81.